The number of hydrogen-bond acceptors (Lipinski definition) is 5. The number of nitrogens with one attached hydrogen (secondary N) is 1. The molecule has 0 spiro atoms. The van der Waals surface area contributed by atoms with Gasteiger partial charge in [-0.15, -0.1) is 0 Å². The minimum Gasteiger partial charge on any atom is -0.376 e. The van der Waals surface area contributed by atoms with Gasteiger partial charge in [-0.25, -0.2) is 13.1 Å². The predicted octanol–water partition coefficient (Wildman–Crippen LogP) is -0.895. The van der Waals surface area contributed by atoms with Gasteiger partial charge in [0.25, 0.3) is 0 Å². The Labute approximate surface area is 132 Å². The normalized spacial score (nSPS) is 32.6. The molecular formula is C14H25N3O4S. The van der Waals surface area contributed by atoms with Gasteiger partial charge >= 0.3 is 0 Å². The van der Waals surface area contributed by atoms with Crippen LogP contribution in [-0.4, -0.2) is 82.4 Å². The molecule has 3 heterocycles. The van der Waals surface area contributed by atoms with Crippen molar-refractivity contribution in [3.05, 3.63) is 0 Å². The zero-order valence-electron chi connectivity index (χ0n) is 13.0. The Balaban J connectivity index is 1.49. The minimum atomic E-state index is -3.16. The summed E-state index contributed by atoms with van der Waals surface area (Å²) in [5.41, 5.74) is 0. The topological polar surface area (TPSA) is 79.0 Å². The number of carbonyl (C=O) groups is 1. The molecule has 0 aromatic heterocycles. The lowest BCUT2D eigenvalue weighted by Gasteiger charge is -2.22. The number of likely N-dealkylation sites (tertiary alicyclic amines) is 2. The van der Waals surface area contributed by atoms with E-state index in [0.717, 1.165) is 39.0 Å². The Morgan fingerprint density at radius 3 is 2.68 bits per heavy atom. The quantitative estimate of drug-likeness (QED) is 0.707. The molecule has 0 bridgehead atoms. The van der Waals surface area contributed by atoms with Gasteiger partial charge in [-0.2, -0.15) is 0 Å². The molecule has 3 aliphatic heterocycles. The van der Waals surface area contributed by atoms with Crippen molar-refractivity contribution < 1.29 is 17.9 Å². The highest BCUT2D eigenvalue weighted by molar-refractivity contribution is 7.88. The van der Waals surface area contributed by atoms with Gasteiger partial charge in [0.15, 0.2) is 0 Å². The monoisotopic (exact) mass is 331 g/mol. The highest BCUT2D eigenvalue weighted by Crippen LogP contribution is 2.33. The first-order valence-electron chi connectivity index (χ1n) is 7.99. The zero-order chi connectivity index (χ0) is 15.7. The fourth-order valence-corrected chi connectivity index (χ4v) is 4.25. The molecule has 3 fully saturated rings. The first-order chi connectivity index (χ1) is 10.4. The Bertz CT molecular complexity index is 518. The molecule has 8 heteroatoms. The summed E-state index contributed by atoms with van der Waals surface area (Å²) in [6, 6.07) is 0. The van der Waals surface area contributed by atoms with Gasteiger partial charge in [-0.1, -0.05) is 0 Å². The van der Waals surface area contributed by atoms with Crippen molar-refractivity contribution in [2.75, 3.05) is 52.1 Å². The van der Waals surface area contributed by atoms with Crippen LogP contribution < -0.4 is 4.72 Å². The number of hydrogen-bond donors (Lipinski definition) is 1. The van der Waals surface area contributed by atoms with E-state index in [1.807, 2.05) is 4.90 Å². The first kappa shape index (κ1) is 16.2. The van der Waals surface area contributed by atoms with Crippen molar-refractivity contribution in [3.8, 4) is 0 Å². The second-order valence-electron chi connectivity index (χ2n) is 6.70. The van der Waals surface area contributed by atoms with Gasteiger partial charge in [0.05, 0.1) is 25.5 Å². The van der Waals surface area contributed by atoms with Crippen LogP contribution in [0.5, 0.6) is 0 Å². The third-order valence-electron chi connectivity index (χ3n) is 4.94. The fourth-order valence-electron chi connectivity index (χ4n) is 3.74. The predicted molar refractivity (Wildman–Crippen MR) is 81.8 cm³/mol. The van der Waals surface area contributed by atoms with E-state index in [0.29, 0.717) is 25.6 Å². The number of ether oxygens (including phenoxy) is 1. The highest BCUT2D eigenvalue weighted by Gasteiger charge is 2.44. The van der Waals surface area contributed by atoms with E-state index in [-0.39, 0.29) is 17.9 Å². The fraction of sp³-hybridized carbons (Fsp3) is 0.929. The Hall–Kier alpha value is -0.700. The molecule has 0 saturated carbocycles. The second-order valence-corrected chi connectivity index (χ2v) is 8.53. The number of sulfonamides is 1. The molecule has 0 unspecified atom stereocenters. The van der Waals surface area contributed by atoms with Gasteiger partial charge in [0, 0.05) is 44.6 Å². The lowest BCUT2D eigenvalue weighted by Crippen LogP contribution is -2.39. The number of carbonyl (C=O) groups excluding carboxylic acids is 1. The summed E-state index contributed by atoms with van der Waals surface area (Å²) in [6.07, 6.45) is 3.53. The maximum Gasteiger partial charge on any atom is 0.236 e. The molecule has 126 valence electrons. The van der Waals surface area contributed by atoms with E-state index in [1.165, 1.54) is 6.26 Å². The largest absolute Gasteiger partial charge is 0.376 e. The van der Waals surface area contributed by atoms with Crippen LogP contribution in [0.25, 0.3) is 0 Å². The van der Waals surface area contributed by atoms with Gasteiger partial charge < -0.3 is 9.64 Å². The zero-order valence-corrected chi connectivity index (χ0v) is 13.8. The Morgan fingerprint density at radius 1 is 1.27 bits per heavy atom. The number of nitrogens with zero attached hydrogens (tertiary/aromatic N) is 2. The molecule has 1 N–H and O–H groups in total. The average molecular weight is 331 g/mol. The SMILES string of the molecule is CS(=O)(=O)NC[C@@H]1CO[C@@H]2CN(CC(=O)N3CCCC3)C[C@H]12. The van der Waals surface area contributed by atoms with E-state index < -0.39 is 10.0 Å². The van der Waals surface area contributed by atoms with Gasteiger partial charge in [0.1, 0.15) is 0 Å². The third kappa shape index (κ3) is 3.79. The summed E-state index contributed by atoms with van der Waals surface area (Å²) in [5.74, 6) is 0.732. The van der Waals surface area contributed by atoms with Gasteiger partial charge in [-0.05, 0) is 12.8 Å². The van der Waals surface area contributed by atoms with Crippen LogP contribution in [0, 0.1) is 11.8 Å². The molecule has 0 radical (unpaired) electrons. The lowest BCUT2D eigenvalue weighted by molar-refractivity contribution is -0.131. The maximum atomic E-state index is 12.2. The van der Waals surface area contributed by atoms with Crippen molar-refractivity contribution in [2.24, 2.45) is 11.8 Å². The second kappa shape index (κ2) is 6.43. The van der Waals surface area contributed by atoms with Crippen LogP contribution in [0.15, 0.2) is 0 Å². The molecular weight excluding hydrogens is 306 g/mol. The van der Waals surface area contributed by atoms with Gasteiger partial charge in [-0.3, -0.25) is 9.69 Å². The van der Waals surface area contributed by atoms with E-state index in [1.54, 1.807) is 0 Å². The molecule has 0 aromatic carbocycles. The van der Waals surface area contributed by atoms with Crippen molar-refractivity contribution in [2.45, 2.75) is 18.9 Å². The maximum absolute atomic E-state index is 12.2. The molecule has 3 saturated heterocycles. The van der Waals surface area contributed by atoms with Crippen LogP contribution in [0.2, 0.25) is 0 Å². The van der Waals surface area contributed by atoms with Crippen molar-refractivity contribution in [1.82, 2.24) is 14.5 Å². The standard InChI is InChI=1S/C14H25N3O4S/c1-22(19,20)15-6-11-10-21-13-8-16(7-12(11)13)9-14(18)17-4-2-3-5-17/h11-13,15H,2-10H2,1H3/t11-,12-,13-/m1/s1. The molecule has 3 atom stereocenters. The van der Waals surface area contributed by atoms with Crippen LogP contribution >= 0.6 is 0 Å². The van der Waals surface area contributed by atoms with Crippen LogP contribution in [0.3, 0.4) is 0 Å². The number of rotatable bonds is 5. The van der Waals surface area contributed by atoms with Crippen LogP contribution in [-0.2, 0) is 19.6 Å². The van der Waals surface area contributed by atoms with Crippen molar-refractivity contribution in [3.63, 3.8) is 0 Å². The summed E-state index contributed by atoms with van der Waals surface area (Å²) >= 11 is 0. The smallest absolute Gasteiger partial charge is 0.236 e. The molecule has 7 nitrogen and oxygen atoms in total. The average Bonchev–Trinajstić information content (AvgIpc) is 3.12. The molecule has 0 aliphatic carbocycles. The number of amides is 1. The lowest BCUT2D eigenvalue weighted by atomic mass is 9.93. The molecule has 3 rings (SSSR count). The molecule has 0 aromatic rings. The van der Waals surface area contributed by atoms with Crippen LogP contribution in [0.4, 0.5) is 0 Å². The van der Waals surface area contributed by atoms with Crippen molar-refractivity contribution >= 4 is 15.9 Å². The summed E-state index contributed by atoms with van der Waals surface area (Å²) in [5, 5.41) is 0. The molecule has 3 aliphatic rings. The van der Waals surface area contributed by atoms with E-state index in [9.17, 15) is 13.2 Å². The van der Waals surface area contributed by atoms with E-state index >= 15 is 0 Å². The van der Waals surface area contributed by atoms with E-state index in [4.69, 9.17) is 4.74 Å². The Morgan fingerprint density at radius 2 is 2.00 bits per heavy atom. The first-order valence-corrected chi connectivity index (χ1v) is 9.88. The summed E-state index contributed by atoms with van der Waals surface area (Å²) < 4.78 is 30.8. The third-order valence-corrected chi connectivity index (χ3v) is 5.63. The summed E-state index contributed by atoms with van der Waals surface area (Å²) in [4.78, 5) is 16.3. The Kier molecular flexibility index (Phi) is 4.72. The molecule has 1 amide bonds. The van der Waals surface area contributed by atoms with Crippen LogP contribution in [0.1, 0.15) is 12.8 Å². The van der Waals surface area contributed by atoms with Gasteiger partial charge in [0.2, 0.25) is 15.9 Å². The summed E-state index contributed by atoms with van der Waals surface area (Å²) in [7, 11) is -3.16. The highest BCUT2D eigenvalue weighted by atomic mass is 32.2. The van der Waals surface area contributed by atoms with E-state index in [2.05, 4.69) is 9.62 Å². The minimum absolute atomic E-state index is 0.137. The molecule has 22 heavy (non-hydrogen) atoms. The van der Waals surface area contributed by atoms with Crippen molar-refractivity contribution in [1.29, 1.82) is 0 Å². The summed E-state index contributed by atoms with van der Waals surface area (Å²) in [6.45, 7) is 4.86. The number of fused-ring (bicyclic) bond motifs is 1.